The van der Waals surface area contributed by atoms with Crippen LogP contribution in [0.3, 0.4) is 0 Å². The van der Waals surface area contributed by atoms with Crippen molar-refractivity contribution in [2.75, 3.05) is 13.2 Å². The maximum absolute atomic E-state index is 12.3. The summed E-state index contributed by atoms with van der Waals surface area (Å²) in [4.78, 5) is 24.5. The summed E-state index contributed by atoms with van der Waals surface area (Å²) >= 11 is 0. The summed E-state index contributed by atoms with van der Waals surface area (Å²) in [6.07, 6.45) is 1.73. The third kappa shape index (κ3) is 3.76. The molecule has 0 unspecified atom stereocenters. The molecule has 0 aliphatic carbocycles. The van der Waals surface area contributed by atoms with E-state index in [1.165, 1.54) is 0 Å². The van der Waals surface area contributed by atoms with Gasteiger partial charge in [0.25, 0.3) is 11.8 Å². The van der Waals surface area contributed by atoms with Crippen molar-refractivity contribution < 1.29 is 19.1 Å². The molecular weight excluding hydrogens is 308 g/mol. The van der Waals surface area contributed by atoms with E-state index in [2.05, 4.69) is 10.6 Å². The second-order valence-corrected chi connectivity index (χ2v) is 6.47. The summed E-state index contributed by atoms with van der Waals surface area (Å²) in [5.41, 5.74) is 1.09. The molecule has 4 atom stereocenters. The Bertz CT molecular complexity index is 549. The Morgan fingerprint density at radius 3 is 1.50 bits per heavy atom. The van der Waals surface area contributed by atoms with Crippen LogP contribution in [0.1, 0.15) is 47.4 Å². The van der Waals surface area contributed by atoms with E-state index < -0.39 is 0 Å². The van der Waals surface area contributed by atoms with Gasteiger partial charge < -0.3 is 20.1 Å². The Balaban J connectivity index is 1.58. The van der Waals surface area contributed by atoms with E-state index >= 15 is 0 Å². The fourth-order valence-electron chi connectivity index (χ4n) is 3.12. The minimum atomic E-state index is -0.137. The van der Waals surface area contributed by atoms with Gasteiger partial charge >= 0.3 is 0 Å². The van der Waals surface area contributed by atoms with Crippen LogP contribution in [0, 0.1) is 0 Å². The van der Waals surface area contributed by atoms with Crippen molar-refractivity contribution in [3.8, 4) is 0 Å². The maximum Gasteiger partial charge on any atom is 0.251 e. The van der Waals surface area contributed by atoms with E-state index in [1.54, 1.807) is 24.3 Å². The zero-order valence-electron chi connectivity index (χ0n) is 14.1. The number of nitrogens with one attached hydrogen (secondary N) is 2. The molecule has 2 aliphatic heterocycles. The third-order valence-corrected chi connectivity index (χ3v) is 4.79. The summed E-state index contributed by atoms with van der Waals surface area (Å²) in [5, 5.41) is 5.95. The van der Waals surface area contributed by atoms with Crippen molar-refractivity contribution >= 4 is 11.8 Å². The van der Waals surface area contributed by atoms with Crippen molar-refractivity contribution in [1.29, 1.82) is 0 Å². The molecule has 2 N–H and O–H groups in total. The lowest BCUT2D eigenvalue weighted by Gasteiger charge is -2.17. The Labute approximate surface area is 141 Å². The largest absolute Gasteiger partial charge is 0.376 e. The minimum Gasteiger partial charge on any atom is -0.376 e. The fraction of sp³-hybridized carbons (Fsp3) is 0.556. The molecule has 2 amide bonds. The predicted octanol–water partition coefficient (Wildman–Crippen LogP) is 1.50. The Morgan fingerprint density at radius 1 is 0.833 bits per heavy atom. The van der Waals surface area contributed by atoms with Crippen LogP contribution in [-0.4, -0.2) is 49.3 Å². The number of amides is 2. The van der Waals surface area contributed by atoms with E-state index in [-0.39, 0.29) is 36.1 Å². The number of carbonyl (C=O) groups is 2. The standard InChI is InChI=1S/C18H24N2O4/c1-11-15(7-9-23-11)19-17(21)13-3-5-14(6-4-13)18(22)20-16-8-10-24-12(16)2/h3-6,11-12,15-16H,7-10H2,1-2H3,(H,19,21)(H,20,22)/t11-,12+,15-,16+. The predicted molar refractivity (Wildman–Crippen MR) is 89.0 cm³/mol. The van der Waals surface area contributed by atoms with Crippen molar-refractivity contribution in [3.05, 3.63) is 35.4 Å². The second-order valence-electron chi connectivity index (χ2n) is 6.47. The van der Waals surface area contributed by atoms with E-state index in [9.17, 15) is 9.59 Å². The first-order valence-corrected chi connectivity index (χ1v) is 8.49. The van der Waals surface area contributed by atoms with Crippen molar-refractivity contribution in [2.24, 2.45) is 0 Å². The van der Waals surface area contributed by atoms with Gasteiger partial charge in [-0.1, -0.05) is 0 Å². The van der Waals surface area contributed by atoms with Gasteiger partial charge in [-0.2, -0.15) is 0 Å². The lowest BCUT2D eigenvalue weighted by molar-refractivity contribution is 0.0858. The summed E-state index contributed by atoms with van der Waals surface area (Å²) in [6, 6.07) is 6.81. The van der Waals surface area contributed by atoms with Crippen LogP contribution < -0.4 is 10.6 Å². The zero-order chi connectivity index (χ0) is 17.1. The molecule has 1 aromatic carbocycles. The van der Waals surface area contributed by atoms with E-state index in [0.717, 1.165) is 12.8 Å². The topological polar surface area (TPSA) is 76.7 Å². The summed E-state index contributed by atoms with van der Waals surface area (Å²) in [7, 11) is 0. The first-order valence-electron chi connectivity index (χ1n) is 8.49. The molecule has 2 heterocycles. The molecule has 0 bridgehead atoms. The van der Waals surface area contributed by atoms with Crippen LogP contribution in [0.4, 0.5) is 0 Å². The van der Waals surface area contributed by atoms with Gasteiger partial charge in [-0.25, -0.2) is 0 Å². The summed E-state index contributed by atoms with van der Waals surface area (Å²) in [5.74, 6) is -0.274. The summed E-state index contributed by atoms with van der Waals surface area (Å²) in [6.45, 7) is 5.27. The maximum atomic E-state index is 12.3. The van der Waals surface area contributed by atoms with Crippen LogP contribution in [0.2, 0.25) is 0 Å². The van der Waals surface area contributed by atoms with Gasteiger partial charge in [-0.3, -0.25) is 9.59 Å². The quantitative estimate of drug-likeness (QED) is 0.876. The zero-order valence-corrected chi connectivity index (χ0v) is 14.1. The molecule has 1 aromatic rings. The van der Waals surface area contributed by atoms with E-state index in [1.807, 2.05) is 13.8 Å². The number of ether oxygens (including phenoxy) is 2. The number of rotatable bonds is 4. The van der Waals surface area contributed by atoms with Gasteiger partial charge in [0, 0.05) is 24.3 Å². The highest BCUT2D eigenvalue weighted by molar-refractivity contribution is 5.98. The number of hydrogen-bond donors (Lipinski definition) is 2. The molecule has 0 radical (unpaired) electrons. The normalized spacial score (nSPS) is 29.4. The van der Waals surface area contributed by atoms with Crippen LogP contribution in [-0.2, 0) is 9.47 Å². The lowest BCUT2D eigenvalue weighted by atomic mass is 10.1. The smallest absolute Gasteiger partial charge is 0.251 e. The van der Waals surface area contributed by atoms with E-state index in [0.29, 0.717) is 24.3 Å². The van der Waals surface area contributed by atoms with Gasteiger partial charge in [-0.15, -0.1) is 0 Å². The number of carbonyl (C=O) groups excluding carboxylic acids is 2. The Hall–Kier alpha value is -1.92. The minimum absolute atomic E-state index is 0.0367. The Kier molecular flexibility index (Phi) is 5.16. The van der Waals surface area contributed by atoms with Gasteiger partial charge in [0.05, 0.1) is 24.3 Å². The summed E-state index contributed by atoms with van der Waals surface area (Å²) < 4.78 is 10.9. The van der Waals surface area contributed by atoms with Gasteiger partial charge in [0.2, 0.25) is 0 Å². The molecular formula is C18H24N2O4. The molecule has 2 fully saturated rings. The van der Waals surface area contributed by atoms with E-state index in [4.69, 9.17) is 9.47 Å². The van der Waals surface area contributed by atoms with Gasteiger partial charge in [-0.05, 0) is 51.0 Å². The third-order valence-electron chi connectivity index (χ3n) is 4.79. The van der Waals surface area contributed by atoms with Crippen molar-refractivity contribution in [2.45, 2.75) is 51.0 Å². The molecule has 0 spiro atoms. The van der Waals surface area contributed by atoms with Gasteiger partial charge in [0.1, 0.15) is 0 Å². The first kappa shape index (κ1) is 16.9. The first-order chi connectivity index (χ1) is 11.5. The monoisotopic (exact) mass is 332 g/mol. The average molecular weight is 332 g/mol. The molecule has 2 aliphatic rings. The molecule has 0 saturated carbocycles. The molecule has 0 aromatic heterocycles. The molecule has 3 rings (SSSR count). The van der Waals surface area contributed by atoms with Crippen molar-refractivity contribution in [3.63, 3.8) is 0 Å². The van der Waals surface area contributed by atoms with Crippen molar-refractivity contribution in [1.82, 2.24) is 10.6 Å². The highest BCUT2D eigenvalue weighted by Crippen LogP contribution is 2.15. The van der Waals surface area contributed by atoms with Crippen LogP contribution >= 0.6 is 0 Å². The Morgan fingerprint density at radius 2 is 1.21 bits per heavy atom. The molecule has 6 nitrogen and oxygen atoms in total. The highest BCUT2D eigenvalue weighted by Gasteiger charge is 2.27. The number of benzene rings is 1. The average Bonchev–Trinajstić information content (AvgIpc) is 3.16. The fourth-order valence-corrected chi connectivity index (χ4v) is 3.12. The van der Waals surface area contributed by atoms with Gasteiger partial charge in [0.15, 0.2) is 0 Å². The molecule has 6 heteroatoms. The molecule has 130 valence electrons. The number of hydrogen-bond acceptors (Lipinski definition) is 4. The lowest BCUT2D eigenvalue weighted by Crippen LogP contribution is -2.39. The van der Waals surface area contributed by atoms with Crippen LogP contribution in [0.15, 0.2) is 24.3 Å². The second kappa shape index (κ2) is 7.32. The van der Waals surface area contributed by atoms with Crippen LogP contribution in [0.25, 0.3) is 0 Å². The molecule has 2 saturated heterocycles. The molecule has 24 heavy (non-hydrogen) atoms. The SMILES string of the molecule is C[C@@H]1OCC[C@@H]1NC(=O)c1ccc(C(=O)N[C@@H]2CCO[C@@H]2C)cc1. The van der Waals surface area contributed by atoms with Crippen LogP contribution in [0.5, 0.6) is 0 Å². The highest BCUT2D eigenvalue weighted by atomic mass is 16.5.